The molecule has 3 amide bonds. The lowest BCUT2D eigenvalue weighted by Gasteiger charge is -2.52. The monoisotopic (exact) mass is 430 g/mol. The number of esters is 1. The molecule has 0 spiro atoms. The number of rotatable bonds is 5. The number of ether oxygens (including phenoxy) is 1. The molecule has 0 N–H and O–H groups in total. The van der Waals surface area contributed by atoms with Crippen LogP contribution in [-0.2, 0) is 14.3 Å². The predicted octanol–water partition coefficient (Wildman–Crippen LogP) is 2.27. The van der Waals surface area contributed by atoms with Gasteiger partial charge in [0.15, 0.2) is 0 Å². The molecule has 2 unspecified atom stereocenters. The van der Waals surface area contributed by atoms with Gasteiger partial charge in [0.25, 0.3) is 11.8 Å². The summed E-state index contributed by atoms with van der Waals surface area (Å²) in [4.78, 5) is 50.5. The summed E-state index contributed by atoms with van der Waals surface area (Å²) in [6.07, 6.45) is 0. The summed E-state index contributed by atoms with van der Waals surface area (Å²) < 4.78 is 3.67. The van der Waals surface area contributed by atoms with E-state index in [9.17, 15) is 19.2 Å². The number of nitrogens with zero attached hydrogens (tertiary/aromatic N) is 2. The van der Waals surface area contributed by atoms with Crippen LogP contribution in [0.1, 0.15) is 34.6 Å². The van der Waals surface area contributed by atoms with Gasteiger partial charge in [-0.15, -0.1) is 0 Å². The van der Waals surface area contributed by atoms with Crippen LogP contribution in [0.25, 0.3) is 0 Å². The van der Waals surface area contributed by atoms with Gasteiger partial charge < -0.3 is 9.64 Å². The van der Waals surface area contributed by atoms with Crippen LogP contribution in [0.5, 0.6) is 0 Å². The summed E-state index contributed by atoms with van der Waals surface area (Å²) in [7, 11) is 7.82. The largest absolute Gasteiger partial charge is 0.466 e. The minimum Gasteiger partial charge on any atom is -0.466 e. The quantitative estimate of drug-likeness (QED) is 0.234. The average molecular weight is 431 g/mol. The van der Waals surface area contributed by atoms with Gasteiger partial charge in [-0.05, 0) is 47.6 Å². The van der Waals surface area contributed by atoms with Crippen molar-refractivity contribution >= 4 is 56.9 Å². The molecule has 144 valence electrons. The summed E-state index contributed by atoms with van der Waals surface area (Å²) in [6, 6.07) is 5.32. The molecule has 27 heavy (non-hydrogen) atoms. The smallest absolute Gasteiger partial charge is 0.349 e. The Morgan fingerprint density at radius 1 is 1.19 bits per heavy atom. The number of carbonyl (C=O) groups is 4. The van der Waals surface area contributed by atoms with E-state index in [2.05, 4.69) is 0 Å². The minimum atomic E-state index is -1.89. The Morgan fingerprint density at radius 2 is 1.70 bits per heavy atom. The van der Waals surface area contributed by atoms with Crippen molar-refractivity contribution in [3.8, 4) is 0 Å². The van der Waals surface area contributed by atoms with E-state index >= 15 is 0 Å². The topological polar surface area (TPSA) is 84.0 Å². The Morgan fingerprint density at radius 3 is 2.11 bits per heavy atom. The van der Waals surface area contributed by atoms with Crippen LogP contribution in [0, 0.1) is 0 Å². The number of β-lactam (4-membered cyclic amide) rings is 1. The number of hydrogen-bond acceptors (Lipinski definition) is 6. The van der Waals surface area contributed by atoms with Crippen LogP contribution in [-0.4, -0.2) is 62.9 Å². The molecular formula is C17H16Cl2N2O5S. The maximum atomic E-state index is 12.9. The van der Waals surface area contributed by atoms with E-state index in [4.69, 9.17) is 27.0 Å². The molecule has 1 fully saturated rings. The van der Waals surface area contributed by atoms with E-state index in [1.807, 2.05) is 0 Å². The van der Waals surface area contributed by atoms with Crippen molar-refractivity contribution in [1.82, 2.24) is 9.80 Å². The highest BCUT2D eigenvalue weighted by atomic mass is 35.7. The Balaban J connectivity index is 1.90. The number of halogens is 2. The standard InChI is InChI=1S/C17H16Cl2N2O5S/c1-16(2,27-19)17(18,15(25)26-3)20-8-11(14(20)24)21-12(22)9-6-4-5-7-10(9)13(21)23/h4-7,11H,8H2,1-3H3. The Kier molecular flexibility index (Phi) is 4.95. The van der Waals surface area contributed by atoms with Crippen molar-refractivity contribution in [3.05, 3.63) is 35.4 Å². The second-order valence-corrected chi connectivity index (χ2v) is 8.88. The summed E-state index contributed by atoms with van der Waals surface area (Å²) in [5.74, 6) is -2.56. The van der Waals surface area contributed by atoms with Crippen LogP contribution < -0.4 is 0 Å². The number of carbonyl (C=O) groups excluding carboxylic acids is 4. The molecule has 0 saturated carbocycles. The third kappa shape index (κ3) is 2.65. The van der Waals surface area contributed by atoms with Crippen LogP contribution >= 0.6 is 33.3 Å². The van der Waals surface area contributed by atoms with Crippen LogP contribution in [0.3, 0.4) is 0 Å². The van der Waals surface area contributed by atoms with E-state index in [1.54, 1.807) is 26.0 Å². The Hall–Kier alpha value is -1.77. The van der Waals surface area contributed by atoms with Gasteiger partial charge in [-0.25, -0.2) is 4.79 Å². The van der Waals surface area contributed by atoms with Crippen molar-refractivity contribution in [2.45, 2.75) is 29.6 Å². The SMILES string of the molecule is COC(=O)C(Cl)(N1CC(N2C(=O)c3ccccc3C2=O)C1=O)C(C)(C)SCl. The fourth-order valence-electron chi connectivity index (χ4n) is 3.24. The summed E-state index contributed by atoms with van der Waals surface area (Å²) in [5.41, 5.74) is 0.492. The Bertz CT molecular complexity index is 826. The first-order valence-electron chi connectivity index (χ1n) is 7.97. The lowest BCUT2D eigenvalue weighted by Crippen LogP contribution is -2.75. The number of likely N-dealkylation sites (tertiary alicyclic amines) is 1. The van der Waals surface area contributed by atoms with Crippen molar-refractivity contribution in [1.29, 1.82) is 0 Å². The molecule has 10 heteroatoms. The van der Waals surface area contributed by atoms with Crippen LogP contribution in [0.15, 0.2) is 24.3 Å². The maximum absolute atomic E-state index is 12.9. The second kappa shape index (κ2) is 6.68. The average Bonchev–Trinajstić information content (AvgIpc) is 2.91. The normalized spacial score (nSPS) is 21.7. The first-order chi connectivity index (χ1) is 12.6. The molecule has 1 aromatic carbocycles. The Labute approximate surface area is 169 Å². The highest BCUT2D eigenvalue weighted by molar-refractivity contribution is 8.22. The molecular weight excluding hydrogens is 415 g/mol. The minimum absolute atomic E-state index is 0.0935. The molecule has 0 aliphatic carbocycles. The molecule has 0 bridgehead atoms. The zero-order valence-corrected chi connectivity index (χ0v) is 17.0. The maximum Gasteiger partial charge on any atom is 0.349 e. The molecule has 2 atom stereocenters. The highest BCUT2D eigenvalue weighted by Gasteiger charge is 2.64. The molecule has 2 heterocycles. The van der Waals surface area contributed by atoms with Gasteiger partial charge in [-0.3, -0.25) is 19.3 Å². The zero-order chi connectivity index (χ0) is 20.1. The number of benzene rings is 1. The van der Waals surface area contributed by atoms with E-state index in [0.717, 1.165) is 27.9 Å². The highest BCUT2D eigenvalue weighted by Crippen LogP contribution is 2.48. The van der Waals surface area contributed by atoms with Gasteiger partial charge in [-0.1, -0.05) is 23.7 Å². The number of hydrogen-bond donors (Lipinski definition) is 0. The number of imide groups is 1. The van der Waals surface area contributed by atoms with E-state index < -0.39 is 39.5 Å². The summed E-state index contributed by atoms with van der Waals surface area (Å²) >= 11 is 6.55. The number of alkyl halides is 1. The van der Waals surface area contributed by atoms with Gasteiger partial charge in [0.1, 0.15) is 6.04 Å². The first kappa shape index (κ1) is 20.0. The molecule has 3 rings (SSSR count). The molecule has 7 nitrogen and oxygen atoms in total. The zero-order valence-electron chi connectivity index (χ0n) is 14.7. The molecule has 0 aromatic heterocycles. The lowest BCUT2D eigenvalue weighted by molar-refractivity contribution is -0.168. The van der Waals surface area contributed by atoms with Gasteiger partial charge in [0.05, 0.1) is 29.5 Å². The predicted molar refractivity (Wildman–Crippen MR) is 101 cm³/mol. The van der Waals surface area contributed by atoms with Crippen LogP contribution in [0.2, 0.25) is 0 Å². The molecule has 1 aromatic rings. The first-order valence-corrected chi connectivity index (χ1v) is 9.99. The second-order valence-electron chi connectivity index (χ2n) is 6.69. The fourth-order valence-corrected chi connectivity index (χ4v) is 4.33. The van der Waals surface area contributed by atoms with Crippen LogP contribution in [0.4, 0.5) is 0 Å². The summed E-state index contributed by atoms with van der Waals surface area (Å²) in [6.45, 7) is 3.10. The fraction of sp³-hybridized carbons (Fsp3) is 0.412. The van der Waals surface area contributed by atoms with Gasteiger partial charge in [0, 0.05) is 0 Å². The molecule has 1 saturated heterocycles. The van der Waals surface area contributed by atoms with Crippen molar-refractivity contribution < 1.29 is 23.9 Å². The third-order valence-corrected chi connectivity index (χ3v) is 7.64. The number of methoxy groups -OCH3 is 1. The lowest BCUT2D eigenvalue weighted by atomic mass is 9.93. The summed E-state index contributed by atoms with van der Waals surface area (Å²) in [5, 5.41) is 0. The van der Waals surface area contributed by atoms with Gasteiger partial charge in [0.2, 0.25) is 10.9 Å². The van der Waals surface area contributed by atoms with Crippen molar-refractivity contribution in [3.63, 3.8) is 0 Å². The van der Waals surface area contributed by atoms with E-state index in [-0.39, 0.29) is 17.7 Å². The van der Waals surface area contributed by atoms with E-state index in [0.29, 0.717) is 0 Å². The molecule has 2 aliphatic heterocycles. The number of fused-ring (bicyclic) bond motifs is 1. The molecule has 2 aliphatic rings. The number of amides is 3. The van der Waals surface area contributed by atoms with Crippen molar-refractivity contribution in [2.75, 3.05) is 13.7 Å². The van der Waals surface area contributed by atoms with Gasteiger partial charge in [-0.2, -0.15) is 0 Å². The third-order valence-electron chi connectivity index (χ3n) is 4.86. The van der Waals surface area contributed by atoms with Crippen molar-refractivity contribution in [2.24, 2.45) is 0 Å². The molecule has 0 radical (unpaired) electrons. The van der Waals surface area contributed by atoms with E-state index in [1.165, 1.54) is 12.1 Å². The van der Waals surface area contributed by atoms with Gasteiger partial charge >= 0.3 is 5.97 Å².